The molecule has 0 spiro atoms. The van der Waals surface area contributed by atoms with E-state index in [-0.39, 0.29) is 30.9 Å². The molecule has 7 nitrogen and oxygen atoms in total. The summed E-state index contributed by atoms with van der Waals surface area (Å²) in [5.41, 5.74) is 3.26. The molecule has 0 saturated heterocycles. The first-order chi connectivity index (χ1) is 13.6. The molecule has 1 aromatic heterocycles. The van der Waals surface area contributed by atoms with E-state index in [9.17, 15) is 14.4 Å². The molecule has 0 amide bonds. The first-order valence-electron chi connectivity index (χ1n) is 9.25. The lowest BCUT2D eigenvalue weighted by Crippen LogP contribution is -2.26. The highest BCUT2D eigenvalue weighted by atomic mass is 16.5. The van der Waals surface area contributed by atoms with Gasteiger partial charge < -0.3 is 4.74 Å². The first-order valence-corrected chi connectivity index (χ1v) is 9.25. The molecule has 0 unspecified atom stereocenters. The van der Waals surface area contributed by atoms with Gasteiger partial charge in [0.05, 0.1) is 11.8 Å². The van der Waals surface area contributed by atoms with Crippen LogP contribution in [0.1, 0.15) is 40.7 Å². The molecule has 4 rings (SSSR count). The van der Waals surface area contributed by atoms with E-state index in [2.05, 4.69) is 10.3 Å². The number of benzene rings is 2. The van der Waals surface area contributed by atoms with Crippen LogP contribution in [0.2, 0.25) is 0 Å². The molecule has 0 saturated carbocycles. The van der Waals surface area contributed by atoms with Gasteiger partial charge in [0.15, 0.2) is 12.5 Å². The Morgan fingerprint density at radius 3 is 2.75 bits per heavy atom. The Kier molecular flexibility index (Phi) is 4.97. The van der Waals surface area contributed by atoms with Crippen LogP contribution >= 0.6 is 0 Å². The van der Waals surface area contributed by atoms with Crippen LogP contribution in [0.25, 0.3) is 10.9 Å². The Hall–Kier alpha value is -3.35. The maximum atomic E-state index is 12.3. The normalized spacial score (nSPS) is 12.7. The van der Waals surface area contributed by atoms with Gasteiger partial charge in [-0.15, -0.1) is 5.10 Å². The Bertz CT molecular complexity index is 1120. The van der Waals surface area contributed by atoms with Crippen molar-refractivity contribution < 1.29 is 14.3 Å². The Balaban J connectivity index is 1.33. The summed E-state index contributed by atoms with van der Waals surface area (Å²) < 4.78 is 6.08. The number of rotatable bonds is 6. The van der Waals surface area contributed by atoms with Crippen LogP contribution in [-0.2, 0) is 29.1 Å². The minimum atomic E-state index is -0.559. The second-order valence-corrected chi connectivity index (χ2v) is 6.82. The van der Waals surface area contributed by atoms with Crippen LogP contribution in [0.3, 0.4) is 0 Å². The number of aromatic nitrogens is 3. The van der Waals surface area contributed by atoms with Gasteiger partial charge in [-0.25, -0.2) is 0 Å². The van der Waals surface area contributed by atoms with Crippen LogP contribution in [0.4, 0.5) is 0 Å². The zero-order chi connectivity index (χ0) is 19.5. The molecule has 142 valence electrons. The Morgan fingerprint density at radius 2 is 1.86 bits per heavy atom. The van der Waals surface area contributed by atoms with Crippen molar-refractivity contribution in [3.8, 4) is 0 Å². The van der Waals surface area contributed by atoms with Crippen LogP contribution in [0.5, 0.6) is 0 Å². The van der Waals surface area contributed by atoms with E-state index in [0.29, 0.717) is 16.5 Å². The molecule has 28 heavy (non-hydrogen) atoms. The molecule has 1 aliphatic rings. The molecule has 0 radical (unpaired) electrons. The average Bonchev–Trinajstić information content (AvgIpc) is 3.19. The average molecular weight is 377 g/mol. The number of aryl methyl sites for hydroxylation is 2. The maximum absolute atomic E-state index is 12.3. The lowest BCUT2D eigenvalue weighted by Gasteiger charge is -2.07. The van der Waals surface area contributed by atoms with Gasteiger partial charge in [-0.3, -0.25) is 14.4 Å². The summed E-state index contributed by atoms with van der Waals surface area (Å²) >= 11 is 0. The van der Waals surface area contributed by atoms with E-state index in [4.69, 9.17) is 4.74 Å². The second-order valence-electron chi connectivity index (χ2n) is 6.82. The molecule has 7 heteroatoms. The van der Waals surface area contributed by atoms with Crippen molar-refractivity contribution in [2.24, 2.45) is 0 Å². The molecule has 0 aliphatic heterocycles. The number of esters is 1. The third kappa shape index (κ3) is 3.69. The fourth-order valence-electron chi connectivity index (χ4n) is 3.42. The number of Topliss-reactive ketones (excluding diaryl/α,β-unsaturated/α-hetero) is 1. The van der Waals surface area contributed by atoms with Gasteiger partial charge in [0.2, 0.25) is 0 Å². The minimum absolute atomic E-state index is 0.0499. The number of carbonyl (C=O) groups excluding carboxylic acids is 2. The SMILES string of the molecule is O=C(CCC(=O)c1ccc2c(c1)CCC2)OCn1nnc2ccccc2c1=O. The zero-order valence-corrected chi connectivity index (χ0v) is 15.3. The molecule has 0 fully saturated rings. The molecular weight excluding hydrogens is 358 g/mol. The number of hydrogen-bond donors (Lipinski definition) is 0. The number of hydrogen-bond acceptors (Lipinski definition) is 6. The summed E-state index contributed by atoms with van der Waals surface area (Å²) in [6.45, 7) is -0.331. The van der Waals surface area contributed by atoms with Crippen molar-refractivity contribution in [1.82, 2.24) is 15.0 Å². The van der Waals surface area contributed by atoms with Gasteiger partial charge in [0, 0.05) is 12.0 Å². The Labute approximate surface area is 160 Å². The van der Waals surface area contributed by atoms with Crippen LogP contribution in [0, 0.1) is 0 Å². The summed E-state index contributed by atoms with van der Waals surface area (Å²) in [5.74, 6) is -0.648. The van der Waals surface area contributed by atoms with Crippen molar-refractivity contribution in [1.29, 1.82) is 0 Å². The van der Waals surface area contributed by atoms with Gasteiger partial charge in [0.1, 0.15) is 5.52 Å². The molecule has 0 N–H and O–H groups in total. The summed E-state index contributed by atoms with van der Waals surface area (Å²) in [7, 11) is 0. The number of ether oxygens (including phenoxy) is 1. The minimum Gasteiger partial charge on any atom is -0.442 e. The number of carbonyl (C=O) groups is 2. The van der Waals surface area contributed by atoms with E-state index in [1.165, 1.54) is 11.1 Å². The highest BCUT2D eigenvalue weighted by Crippen LogP contribution is 2.23. The summed E-state index contributed by atoms with van der Waals surface area (Å²) in [4.78, 5) is 36.6. The Morgan fingerprint density at radius 1 is 1.04 bits per heavy atom. The largest absolute Gasteiger partial charge is 0.442 e. The zero-order valence-electron chi connectivity index (χ0n) is 15.3. The quantitative estimate of drug-likeness (QED) is 0.484. The lowest BCUT2D eigenvalue weighted by atomic mass is 10.0. The van der Waals surface area contributed by atoms with E-state index < -0.39 is 5.97 Å². The van der Waals surface area contributed by atoms with Crippen LogP contribution in [-0.4, -0.2) is 26.7 Å². The van der Waals surface area contributed by atoms with Crippen LogP contribution < -0.4 is 5.56 Å². The molecule has 1 aliphatic carbocycles. The van der Waals surface area contributed by atoms with Crippen molar-refractivity contribution >= 4 is 22.7 Å². The van der Waals surface area contributed by atoms with Crippen LogP contribution in [0.15, 0.2) is 47.3 Å². The molecule has 1 heterocycles. The fraction of sp³-hybridized carbons (Fsp3) is 0.286. The molecular formula is C21H19N3O4. The van der Waals surface area contributed by atoms with Gasteiger partial charge in [-0.2, -0.15) is 4.68 Å². The van der Waals surface area contributed by atoms with Gasteiger partial charge >= 0.3 is 5.97 Å². The third-order valence-corrected chi connectivity index (χ3v) is 4.95. The summed E-state index contributed by atoms with van der Waals surface area (Å²) in [5, 5.41) is 8.10. The number of fused-ring (bicyclic) bond motifs is 2. The molecule has 2 aromatic carbocycles. The topological polar surface area (TPSA) is 91.2 Å². The second kappa shape index (κ2) is 7.72. The van der Waals surface area contributed by atoms with E-state index >= 15 is 0 Å². The van der Waals surface area contributed by atoms with Crippen molar-refractivity contribution in [3.63, 3.8) is 0 Å². The standard InChI is InChI=1S/C21H19N3O4/c25-19(16-9-8-14-4-3-5-15(14)12-16)10-11-20(26)28-13-24-21(27)17-6-1-2-7-18(17)22-23-24/h1-2,6-9,12H,3-5,10-11,13H2. The summed E-state index contributed by atoms with van der Waals surface area (Å²) in [6, 6.07) is 12.6. The number of nitrogens with zero attached hydrogens (tertiary/aromatic N) is 3. The van der Waals surface area contributed by atoms with E-state index in [1.807, 2.05) is 18.2 Å². The maximum Gasteiger partial charge on any atom is 0.308 e. The lowest BCUT2D eigenvalue weighted by molar-refractivity contribution is -0.148. The predicted molar refractivity (Wildman–Crippen MR) is 102 cm³/mol. The van der Waals surface area contributed by atoms with E-state index in [1.54, 1.807) is 24.3 Å². The fourth-order valence-corrected chi connectivity index (χ4v) is 3.42. The highest BCUT2D eigenvalue weighted by Gasteiger charge is 2.15. The monoisotopic (exact) mass is 377 g/mol. The van der Waals surface area contributed by atoms with Gasteiger partial charge in [-0.05, 0) is 48.6 Å². The van der Waals surface area contributed by atoms with Gasteiger partial charge in [0.25, 0.3) is 5.56 Å². The van der Waals surface area contributed by atoms with E-state index in [0.717, 1.165) is 23.9 Å². The smallest absolute Gasteiger partial charge is 0.308 e. The molecule has 3 aromatic rings. The molecule has 0 atom stereocenters. The van der Waals surface area contributed by atoms with Gasteiger partial charge in [-0.1, -0.05) is 29.5 Å². The third-order valence-electron chi connectivity index (χ3n) is 4.95. The predicted octanol–water partition coefficient (Wildman–Crippen LogP) is 2.44. The van der Waals surface area contributed by atoms with Crippen molar-refractivity contribution in [2.75, 3.05) is 0 Å². The highest BCUT2D eigenvalue weighted by molar-refractivity contribution is 5.97. The summed E-state index contributed by atoms with van der Waals surface area (Å²) in [6.07, 6.45) is 3.20. The van der Waals surface area contributed by atoms with Crippen molar-refractivity contribution in [3.05, 3.63) is 69.5 Å². The number of ketones is 1. The first kappa shape index (κ1) is 18.0. The molecule has 0 bridgehead atoms. The van der Waals surface area contributed by atoms with Crippen molar-refractivity contribution in [2.45, 2.75) is 38.8 Å².